The second kappa shape index (κ2) is 6.53. The third-order valence-electron chi connectivity index (χ3n) is 4.55. The van der Waals surface area contributed by atoms with Crippen LogP contribution in [0.25, 0.3) is 0 Å². The molecule has 2 rings (SSSR count). The van der Waals surface area contributed by atoms with Crippen LogP contribution in [0.2, 0.25) is 0 Å². The molecule has 2 unspecified atom stereocenters. The number of hydrogen-bond acceptors (Lipinski definition) is 3. The van der Waals surface area contributed by atoms with E-state index in [0.717, 1.165) is 31.8 Å². The molecule has 2 aliphatic heterocycles. The summed E-state index contributed by atoms with van der Waals surface area (Å²) in [6, 6.07) is 0.341. The minimum absolute atomic E-state index is 0.183. The van der Waals surface area contributed by atoms with Crippen molar-refractivity contribution in [3.63, 3.8) is 0 Å². The van der Waals surface area contributed by atoms with Gasteiger partial charge in [-0.25, -0.2) is 0 Å². The first-order valence-corrected chi connectivity index (χ1v) is 7.36. The van der Waals surface area contributed by atoms with Crippen molar-refractivity contribution in [3.8, 4) is 0 Å². The molecule has 0 saturated carbocycles. The summed E-state index contributed by atoms with van der Waals surface area (Å²) in [7, 11) is 2.19. The minimum atomic E-state index is 0.183. The Bertz CT molecular complexity index is 274. The summed E-state index contributed by atoms with van der Waals surface area (Å²) in [5, 5.41) is 6.45. The average molecular weight is 253 g/mol. The quantitative estimate of drug-likeness (QED) is 0.780. The van der Waals surface area contributed by atoms with Crippen molar-refractivity contribution in [2.45, 2.75) is 38.6 Å². The van der Waals surface area contributed by atoms with Crippen LogP contribution in [0.3, 0.4) is 0 Å². The van der Waals surface area contributed by atoms with E-state index in [1.165, 1.54) is 25.9 Å². The highest BCUT2D eigenvalue weighted by molar-refractivity contribution is 5.79. The number of piperidine rings is 1. The molecule has 0 radical (unpaired) electrons. The smallest absolute Gasteiger partial charge is 0.224 e. The van der Waals surface area contributed by atoms with Gasteiger partial charge < -0.3 is 15.5 Å². The Morgan fingerprint density at radius 3 is 2.67 bits per heavy atom. The zero-order valence-electron chi connectivity index (χ0n) is 11.7. The first-order chi connectivity index (χ1) is 8.66. The number of carbonyl (C=O) groups is 1. The molecule has 1 amide bonds. The van der Waals surface area contributed by atoms with Gasteiger partial charge in [0, 0.05) is 12.6 Å². The van der Waals surface area contributed by atoms with Crippen LogP contribution < -0.4 is 10.6 Å². The fourth-order valence-electron chi connectivity index (χ4n) is 3.10. The second-order valence-corrected chi connectivity index (χ2v) is 5.96. The van der Waals surface area contributed by atoms with Gasteiger partial charge in [-0.3, -0.25) is 4.79 Å². The van der Waals surface area contributed by atoms with Crippen LogP contribution in [-0.4, -0.2) is 50.1 Å². The number of rotatable bonds is 4. The van der Waals surface area contributed by atoms with Gasteiger partial charge in [0.15, 0.2) is 0 Å². The third-order valence-corrected chi connectivity index (χ3v) is 4.55. The molecular weight excluding hydrogens is 226 g/mol. The van der Waals surface area contributed by atoms with Crippen LogP contribution in [0.15, 0.2) is 0 Å². The van der Waals surface area contributed by atoms with Gasteiger partial charge in [-0.05, 0) is 65.2 Å². The molecule has 0 aromatic rings. The molecule has 18 heavy (non-hydrogen) atoms. The van der Waals surface area contributed by atoms with E-state index in [4.69, 9.17) is 0 Å². The number of carbonyl (C=O) groups excluding carboxylic acids is 1. The van der Waals surface area contributed by atoms with E-state index in [9.17, 15) is 4.79 Å². The minimum Gasteiger partial charge on any atom is -0.356 e. The zero-order chi connectivity index (χ0) is 13.0. The summed E-state index contributed by atoms with van der Waals surface area (Å²) in [6.07, 6.45) is 4.71. The molecular formula is C14H27N3O. The zero-order valence-corrected chi connectivity index (χ0v) is 11.7. The van der Waals surface area contributed by atoms with Gasteiger partial charge in [-0.1, -0.05) is 0 Å². The molecule has 4 heteroatoms. The van der Waals surface area contributed by atoms with E-state index < -0.39 is 0 Å². The highest BCUT2D eigenvalue weighted by Crippen LogP contribution is 2.19. The molecule has 104 valence electrons. The normalized spacial score (nSPS) is 30.6. The number of nitrogens with one attached hydrogen (secondary N) is 2. The average Bonchev–Trinajstić information content (AvgIpc) is 2.78. The highest BCUT2D eigenvalue weighted by Gasteiger charge is 2.29. The summed E-state index contributed by atoms with van der Waals surface area (Å²) < 4.78 is 0. The Morgan fingerprint density at radius 1 is 1.33 bits per heavy atom. The van der Waals surface area contributed by atoms with Crippen molar-refractivity contribution in [3.05, 3.63) is 0 Å². The Balaban J connectivity index is 1.61. The van der Waals surface area contributed by atoms with Crippen molar-refractivity contribution in [1.82, 2.24) is 15.5 Å². The SMILES string of the molecule is CC1NCCC1C(=O)NCCC1CCN(C)CC1. The van der Waals surface area contributed by atoms with Crippen molar-refractivity contribution in [2.75, 3.05) is 33.2 Å². The summed E-state index contributed by atoms with van der Waals surface area (Å²) in [5.41, 5.74) is 0. The highest BCUT2D eigenvalue weighted by atomic mass is 16.1. The van der Waals surface area contributed by atoms with E-state index in [-0.39, 0.29) is 11.8 Å². The maximum atomic E-state index is 12.0. The van der Waals surface area contributed by atoms with Crippen molar-refractivity contribution in [1.29, 1.82) is 0 Å². The number of amides is 1. The number of hydrogen-bond donors (Lipinski definition) is 2. The van der Waals surface area contributed by atoms with Gasteiger partial charge in [0.2, 0.25) is 5.91 Å². The fraction of sp³-hybridized carbons (Fsp3) is 0.929. The van der Waals surface area contributed by atoms with Crippen LogP contribution in [-0.2, 0) is 4.79 Å². The fourth-order valence-corrected chi connectivity index (χ4v) is 3.10. The van der Waals surface area contributed by atoms with E-state index in [0.29, 0.717) is 6.04 Å². The van der Waals surface area contributed by atoms with Gasteiger partial charge in [0.25, 0.3) is 0 Å². The largest absolute Gasteiger partial charge is 0.356 e. The monoisotopic (exact) mass is 253 g/mol. The van der Waals surface area contributed by atoms with E-state index in [1.54, 1.807) is 0 Å². The van der Waals surface area contributed by atoms with Gasteiger partial charge in [-0.2, -0.15) is 0 Å². The maximum Gasteiger partial charge on any atom is 0.224 e. The van der Waals surface area contributed by atoms with Gasteiger partial charge in [0.1, 0.15) is 0 Å². The molecule has 0 bridgehead atoms. The molecule has 2 N–H and O–H groups in total. The Labute approximate surface area is 110 Å². The molecule has 2 fully saturated rings. The van der Waals surface area contributed by atoms with Crippen molar-refractivity contribution >= 4 is 5.91 Å². The van der Waals surface area contributed by atoms with E-state index >= 15 is 0 Å². The molecule has 0 aromatic carbocycles. The van der Waals surface area contributed by atoms with E-state index in [1.807, 2.05) is 0 Å². The molecule has 0 aromatic heterocycles. The predicted octanol–water partition coefficient (Wildman–Crippen LogP) is 0.833. The lowest BCUT2D eigenvalue weighted by Crippen LogP contribution is -2.38. The lowest BCUT2D eigenvalue weighted by atomic mass is 9.93. The maximum absolute atomic E-state index is 12.0. The van der Waals surface area contributed by atoms with Crippen LogP contribution >= 0.6 is 0 Å². The van der Waals surface area contributed by atoms with Crippen molar-refractivity contribution in [2.24, 2.45) is 11.8 Å². The Kier molecular flexibility index (Phi) is 5.01. The summed E-state index contributed by atoms with van der Waals surface area (Å²) in [4.78, 5) is 14.4. The lowest BCUT2D eigenvalue weighted by Gasteiger charge is -2.29. The molecule has 2 aliphatic rings. The molecule has 0 aliphatic carbocycles. The van der Waals surface area contributed by atoms with Gasteiger partial charge in [0.05, 0.1) is 5.92 Å². The summed E-state index contributed by atoms with van der Waals surface area (Å²) in [6.45, 7) is 6.36. The van der Waals surface area contributed by atoms with Gasteiger partial charge >= 0.3 is 0 Å². The van der Waals surface area contributed by atoms with E-state index in [2.05, 4.69) is 29.5 Å². The predicted molar refractivity (Wildman–Crippen MR) is 73.4 cm³/mol. The number of likely N-dealkylation sites (tertiary alicyclic amines) is 1. The van der Waals surface area contributed by atoms with Crippen LogP contribution in [0.5, 0.6) is 0 Å². The second-order valence-electron chi connectivity index (χ2n) is 5.96. The lowest BCUT2D eigenvalue weighted by molar-refractivity contribution is -0.125. The molecule has 2 atom stereocenters. The topological polar surface area (TPSA) is 44.4 Å². The molecule has 0 spiro atoms. The van der Waals surface area contributed by atoms with Crippen molar-refractivity contribution < 1.29 is 4.79 Å². The van der Waals surface area contributed by atoms with Crippen LogP contribution in [0.4, 0.5) is 0 Å². The van der Waals surface area contributed by atoms with Gasteiger partial charge in [-0.15, -0.1) is 0 Å². The molecule has 2 heterocycles. The first-order valence-electron chi connectivity index (χ1n) is 7.36. The Morgan fingerprint density at radius 2 is 2.06 bits per heavy atom. The standard InChI is InChI=1S/C14H27N3O/c1-11-13(4-8-15-11)14(18)16-7-3-12-5-9-17(2)10-6-12/h11-13,15H,3-10H2,1-2H3,(H,16,18). The summed E-state index contributed by atoms with van der Waals surface area (Å²) >= 11 is 0. The first kappa shape index (κ1) is 13.8. The Hall–Kier alpha value is -0.610. The third kappa shape index (κ3) is 3.69. The number of nitrogens with zero attached hydrogens (tertiary/aromatic N) is 1. The van der Waals surface area contributed by atoms with Crippen LogP contribution in [0, 0.1) is 11.8 Å². The van der Waals surface area contributed by atoms with Crippen LogP contribution in [0.1, 0.15) is 32.6 Å². The summed E-state index contributed by atoms with van der Waals surface area (Å²) in [5.74, 6) is 1.24. The molecule has 2 saturated heterocycles. The molecule has 4 nitrogen and oxygen atoms in total.